The van der Waals surface area contributed by atoms with E-state index in [1.54, 1.807) is 4.90 Å². The average Bonchev–Trinajstić information content (AvgIpc) is 2.33. The number of carbonyl (C=O) groups excluding carboxylic acids is 1. The van der Waals surface area contributed by atoms with Gasteiger partial charge in [-0.2, -0.15) is 5.26 Å². The average molecular weight is 269 g/mol. The lowest BCUT2D eigenvalue weighted by atomic mass is 10.0. The van der Waals surface area contributed by atoms with Gasteiger partial charge in [0.05, 0.1) is 12.5 Å². The fraction of sp³-hybridized carbons (Fsp3) is 0.769. The first-order valence-corrected chi connectivity index (χ1v) is 6.55. The molecule has 0 heterocycles. The number of aliphatic carboxylic acids is 1. The van der Waals surface area contributed by atoms with Gasteiger partial charge in [-0.05, 0) is 19.8 Å². The van der Waals surface area contributed by atoms with E-state index in [-0.39, 0.29) is 30.8 Å². The zero-order valence-corrected chi connectivity index (χ0v) is 11.8. The number of carboxylic acid groups (broad SMARTS) is 1. The molecule has 0 aromatic carbocycles. The number of nitrogens with one attached hydrogen (secondary N) is 1. The number of hydrogen-bond donors (Lipinski definition) is 2. The van der Waals surface area contributed by atoms with Gasteiger partial charge in [0.25, 0.3) is 0 Å². The number of carboxylic acids is 1. The molecule has 0 spiro atoms. The normalized spacial score (nSPS) is 11.7. The van der Waals surface area contributed by atoms with Gasteiger partial charge in [-0.15, -0.1) is 0 Å². The van der Waals surface area contributed by atoms with Crippen LogP contribution >= 0.6 is 0 Å². The SMILES string of the molecule is CCC(CNC(=O)N(CCC#N)C(C)C)CC(=O)O. The highest BCUT2D eigenvalue weighted by atomic mass is 16.4. The summed E-state index contributed by atoms with van der Waals surface area (Å²) in [7, 11) is 0. The van der Waals surface area contributed by atoms with Gasteiger partial charge in [0.2, 0.25) is 0 Å². The number of carbonyl (C=O) groups is 2. The van der Waals surface area contributed by atoms with Crippen molar-refractivity contribution in [1.82, 2.24) is 10.2 Å². The molecule has 0 aliphatic carbocycles. The standard InChI is InChI=1S/C13H23N3O3/c1-4-11(8-12(17)18)9-15-13(19)16(10(2)3)7-5-6-14/h10-11H,4-5,7-9H2,1-3H3,(H,15,19)(H,17,18). The number of urea groups is 1. The zero-order chi connectivity index (χ0) is 14.8. The Morgan fingerprint density at radius 2 is 2.05 bits per heavy atom. The summed E-state index contributed by atoms with van der Waals surface area (Å²) < 4.78 is 0. The van der Waals surface area contributed by atoms with E-state index in [1.165, 1.54) is 0 Å². The van der Waals surface area contributed by atoms with Crippen molar-refractivity contribution in [3.63, 3.8) is 0 Å². The van der Waals surface area contributed by atoms with Crippen LogP contribution in [0.3, 0.4) is 0 Å². The zero-order valence-electron chi connectivity index (χ0n) is 11.8. The molecule has 0 saturated heterocycles. The minimum atomic E-state index is -0.855. The van der Waals surface area contributed by atoms with Gasteiger partial charge >= 0.3 is 12.0 Å². The third kappa shape index (κ3) is 7.29. The van der Waals surface area contributed by atoms with Crippen molar-refractivity contribution in [2.45, 2.75) is 46.1 Å². The minimum absolute atomic E-state index is 0.00732. The first-order valence-electron chi connectivity index (χ1n) is 6.55. The highest BCUT2D eigenvalue weighted by molar-refractivity contribution is 5.74. The van der Waals surface area contributed by atoms with E-state index >= 15 is 0 Å². The molecule has 1 atom stereocenters. The largest absolute Gasteiger partial charge is 0.481 e. The third-order valence-electron chi connectivity index (χ3n) is 2.93. The lowest BCUT2D eigenvalue weighted by Gasteiger charge is -2.27. The highest BCUT2D eigenvalue weighted by Crippen LogP contribution is 2.07. The molecule has 6 heteroatoms. The summed E-state index contributed by atoms with van der Waals surface area (Å²) in [5, 5.41) is 20.0. The van der Waals surface area contributed by atoms with Gasteiger partial charge in [-0.3, -0.25) is 4.79 Å². The highest BCUT2D eigenvalue weighted by Gasteiger charge is 2.18. The van der Waals surface area contributed by atoms with Crippen LogP contribution in [0.1, 0.15) is 40.0 Å². The van der Waals surface area contributed by atoms with Gasteiger partial charge < -0.3 is 15.3 Å². The maximum Gasteiger partial charge on any atom is 0.317 e. The van der Waals surface area contributed by atoms with Crippen LogP contribution in [0.25, 0.3) is 0 Å². The second-order valence-corrected chi connectivity index (χ2v) is 4.75. The van der Waals surface area contributed by atoms with Crippen molar-refractivity contribution in [1.29, 1.82) is 5.26 Å². The quantitative estimate of drug-likeness (QED) is 0.702. The molecule has 0 bridgehead atoms. The molecule has 0 aliphatic rings. The molecule has 1 unspecified atom stereocenters. The van der Waals surface area contributed by atoms with Gasteiger partial charge in [0, 0.05) is 25.6 Å². The van der Waals surface area contributed by atoms with Gasteiger partial charge in [0.1, 0.15) is 0 Å². The molecule has 0 aromatic heterocycles. The van der Waals surface area contributed by atoms with Gasteiger partial charge in [-0.1, -0.05) is 13.3 Å². The Bertz CT molecular complexity index is 337. The Hall–Kier alpha value is -1.77. The van der Waals surface area contributed by atoms with Crippen molar-refractivity contribution < 1.29 is 14.7 Å². The van der Waals surface area contributed by atoms with Crippen LogP contribution in [0.15, 0.2) is 0 Å². The first kappa shape index (κ1) is 17.2. The maximum absolute atomic E-state index is 12.0. The number of hydrogen-bond acceptors (Lipinski definition) is 3. The second kappa shape index (κ2) is 9.20. The molecule has 19 heavy (non-hydrogen) atoms. The van der Waals surface area contributed by atoms with Crippen molar-refractivity contribution >= 4 is 12.0 Å². The molecule has 0 aliphatic heterocycles. The summed E-state index contributed by atoms with van der Waals surface area (Å²) >= 11 is 0. The summed E-state index contributed by atoms with van der Waals surface area (Å²) in [5.41, 5.74) is 0. The van der Waals surface area contributed by atoms with E-state index < -0.39 is 5.97 Å². The number of rotatable bonds is 8. The van der Waals surface area contributed by atoms with Crippen LogP contribution in [0.4, 0.5) is 4.79 Å². The summed E-state index contributed by atoms with van der Waals surface area (Å²) in [5.74, 6) is -0.919. The van der Waals surface area contributed by atoms with Crippen LogP contribution in [0.2, 0.25) is 0 Å². The fourth-order valence-electron chi connectivity index (χ4n) is 1.71. The van der Waals surface area contributed by atoms with Crippen molar-refractivity contribution in [3.8, 4) is 6.07 Å². The van der Waals surface area contributed by atoms with Gasteiger partial charge in [0.15, 0.2) is 0 Å². The van der Waals surface area contributed by atoms with Crippen molar-refractivity contribution in [3.05, 3.63) is 0 Å². The molecular weight excluding hydrogens is 246 g/mol. The van der Waals surface area contributed by atoms with Crippen LogP contribution in [-0.2, 0) is 4.79 Å². The van der Waals surface area contributed by atoms with E-state index in [9.17, 15) is 9.59 Å². The van der Waals surface area contributed by atoms with Crippen LogP contribution in [0.5, 0.6) is 0 Å². The lowest BCUT2D eigenvalue weighted by molar-refractivity contribution is -0.138. The predicted octanol–water partition coefficient (Wildman–Crippen LogP) is 1.82. The molecule has 0 rings (SSSR count). The molecule has 0 saturated carbocycles. The molecule has 2 N–H and O–H groups in total. The molecule has 0 radical (unpaired) electrons. The van der Waals surface area contributed by atoms with E-state index in [1.807, 2.05) is 26.8 Å². The van der Waals surface area contributed by atoms with Crippen LogP contribution in [-0.4, -0.2) is 41.1 Å². The molecule has 0 fully saturated rings. The Morgan fingerprint density at radius 1 is 1.42 bits per heavy atom. The van der Waals surface area contributed by atoms with Crippen LogP contribution < -0.4 is 5.32 Å². The van der Waals surface area contributed by atoms with Crippen molar-refractivity contribution in [2.75, 3.05) is 13.1 Å². The van der Waals surface area contributed by atoms with E-state index in [4.69, 9.17) is 10.4 Å². The van der Waals surface area contributed by atoms with E-state index in [0.29, 0.717) is 19.5 Å². The molecule has 6 nitrogen and oxygen atoms in total. The Kier molecular flexibility index (Phi) is 8.34. The number of nitrogens with zero attached hydrogens (tertiary/aromatic N) is 2. The minimum Gasteiger partial charge on any atom is -0.481 e. The number of nitriles is 1. The molecule has 2 amide bonds. The molecule has 0 aromatic rings. The summed E-state index contributed by atoms with van der Waals surface area (Å²) in [6.07, 6.45) is 1.04. The van der Waals surface area contributed by atoms with Gasteiger partial charge in [-0.25, -0.2) is 4.79 Å². The molecular formula is C13H23N3O3. The monoisotopic (exact) mass is 269 g/mol. The number of amides is 2. The van der Waals surface area contributed by atoms with Crippen LogP contribution in [0, 0.1) is 17.2 Å². The summed E-state index contributed by atoms with van der Waals surface area (Å²) in [6.45, 7) is 6.39. The molecule has 108 valence electrons. The van der Waals surface area contributed by atoms with E-state index in [2.05, 4.69) is 5.32 Å². The lowest BCUT2D eigenvalue weighted by Crippen LogP contribution is -2.45. The first-order chi connectivity index (χ1) is 8.92. The maximum atomic E-state index is 12.0. The Labute approximate surface area is 114 Å². The third-order valence-corrected chi connectivity index (χ3v) is 2.93. The topological polar surface area (TPSA) is 93.4 Å². The second-order valence-electron chi connectivity index (χ2n) is 4.75. The predicted molar refractivity (Wildman–Crippen MR) is 71.5 cm³/mol. The Morgan fingerprint density at radius 3 is 2.47 bits per heavy atom. The Balaban J connectivity index is 4.31. The van der Waals surface area contributed by atoms with E-state index in [0.717, 1.165) is 0 Å². The smallest absolute Gasteiger partial charge is 0.317 e. The summed E-state index contributed by atoms with van der Waals surface area (Å²) in [4.78, 5) is 24.2. The fourth-order valence-corrected chi connectivity index (χ4v) is 1.71. The van der Waals surface area contributed by atoms with Crippen molar-refractivity contribution in [2.24, 2.45) is 5.92 Å². The summed E-state index contributed by atoms with van der Waals surface area (Å²) in [6, 6.07) is 1.78.